The van der Waals surface area contributed by atoms with Gasteiger partial charge in [0, 0.05) is 44.6 Å². The largest absolute Gasteiger partial charge is 0.354 e. The molecule has 3 heterocycles. The van der Waals surface area contributed by atoms with Gasteiger partial charge in [-0.2, -0.15) is 4.31 Å². The zero-order chi connectivity index (χ0) is 18.9. The molecule has 1 aromatic carbocycles. The van der Waals surface area contributed by atoms with Crippen molar-refractivity contribution in [2.24, 2.45) is 0 Å². The molecule has 27 heavy (non-hydrogen) atoms. The minimum atomic E-state index is -3.47. The van der Waals surface area contributed by atoms with Gasteiger partial charge in [-0.15, -0.1) is 0 Å². The molecule has 0 spiro atoms. The number of nitrogens with zero attached hydrogens (tertiary/aromatic N) is 6. The van der Waals surface area contributed by atoms with E-state index < -0.39 is 10.0 Å². The fraction of sp³-hybridized carbons (Fsp3) is 0.278. The summed E-state index contributed by atoms with van der Waals surface area (Å²) < 4.78 is 29.0. The highest BCUT2D eigenvalue weighted by atomic mass is 32.2. The number of rotatable bonds is 4. The number of piperazine rings is 1. The van der Waals surface area contributed by atoms with E-state index in [9.17, 15) is 8.42 Å². The SMILES string of the molecule is Cc1ccc(S(=O)(=O)N2CCN(c3cc(-n4ccnc4)ncn3)CC2)cc1. The molecule has 1 aliphatic heterocycles. The van der Waals surface area contributed by atoms with E-state index in [0.29, 0.717) is 31.1 Å². The van der Waals surface area contributed by atoms with Crippen LogP contribution in [0.15, 0.2) is 60.3 Å². The van der Waals surface area contributed by atoms with E-state index in [-0.39, 0.29) is 0 Å². The highest BCUT2D eigenvalue weighted by Crippen LogP contribution is 2.21. The van der Waals surface area contributed by atoms with Crippen LogP contribution in [-0.2, 0) is 10.0 Å². The van der Waals surface area contributed by atoms with Crippen molar-refractivity contribution >= 4 is 15.8 Å². The molecule has 0 radical (unpaired) electrons. The molecule has 0 aliphatic carbocycles. The van der Waals surface area contributed by atoms with Gasteiger partial charge in [-0.1, -0.05) is 17.7 Å². The van der Waals surface area contributed by atoms with Gasteiger partial charge in [0.05, 0.1) is 4.90 Å². The Kier molecular flexibility index (Phi) is 4.63. The molecule has 8 nitrogen and oxygen atoms in total. The summed E-state index contributed by atoms with van der Waals surface area (Å²) in [5, 5.41) is 0. The Hall–Kier alpha value is -2.78. The Morgan fingerprint density at radius 1 is 0.963 bits per heavy atom. The third-order valence-corrected chi connectivity index (χ3v) is 6.54. The van der Waals surface area contributed by atoms with E-state index >= 15 is 0 Å². The summed E-state index contributed by atoms with van der Waals surface area (Å²) in [5.41, 5.74) is 1.04. The van der Waals surface area contributed by atoms with Crippen molar-refractivity contribution < 1.29 is 8.42 Å². The van der Waals surface area contributed by atoms with Gasteiger partial charge in [0.1, 0.15) is 24.3 Å². The fourth-order valence-electron chi connectivity index (χ4n) is 3.06. The first-order chi connectivity index (χ1) is 13.0. The average Bonchev–Trinajstić information content (AvgIpc) is 3.23. The molecule has 2 aromatic heterocycles. The molecular weight excluding hydrogens is 364 g/mol. The Morgan fingerprint density at radius 3 is 2.33 bits per heavy atom. The van der Waals surface area contributed by atoms with Gasteiger partial charge >= 0.3 is 0 Å². The molecule has 0 bridgehead atoms. The summed E-state index contributed by atoms with van der Waals surface area (Å²) in [6.45, 7) is 3.92. The van der Waals surface area contributed by atoms with Gasteiger partial charge in [0.2, 0.25) is 10.0 Å². The minimum Gasteiger partial charge on any atom is -0.354 e. The number of hydrogen-bond acceptors (Lipinski definition) is 6. The maximum atomic E-state index is 12.8. The van der Waals surface area contributed by atoms with Crippen molar-refractivity contribution in [2.75, 3.05) is 31.1 Å². The second-order valence-corrected chi connectivity index (χ2v) is 8.35. The maximum absolute atomic E-state index is 12.8. The van der Waals surface area contributed by atoms with Gasteiger partial charge in [-0.3, -0.25) is 4.57 Å². The van der Waals surface area contributed by atoms with Gasteiger partial charge in [0.15, 0.2) is 0 Å². The monoisotopic (exact) mass is 384 g/mol. The zero-order valence-electron chi connectivity index (χ0n) is 14.9. The number of anilines is 1. The Morgan fingerprint density at radius 2 is 1.67 bits per heavy atom. The number of aryl methyl sites for hydroxylation is 1. The second-order valence-electron chi connectivity index (χ2n) is 6.41. The first-order valence-corrected chi connectivity index (χ1v) is 10.1. The molecule has 0 saturated carbocycles. The third-order valence-electron chi connectivity index (χ3n) is 4.63. The van der Waals surface area contributed by atoms with Gasteiger partial charge in [-0.05, 0) is 19.1 Å². The van der Waals surface area contributed by atoms with Crippen LogP contribution in [0.2, 0.25) is 0 Å². The summed E-state index contributed by atoms with van der Waals surface area (Å²) in [4.78, 5) is 15.0. The second kappa shape index (κ2) is 7.09. The van der Waals surface area contributed by atoms with Crippen LogP contribution in [-0.4, -0.2) is 58.4 Å². The van der Waals surface area contributed by atoms with E-state index in [1.165, 1.54) is 10.6 Å². The first-order valence-electron chi connectivity index (χ1n) is 8.66. The van der Waals surface area contributed by atoms with Crippen molar-refractivity contribution in [2.45, 2.75) is 11.8 Å². The molecule has 3 aromatic rings. The topological polar surface area (TPSA) is 84.2 Å². The van der Waals surface area contributed by atoms with Crippen molar-refractivity contribution in [3.8, 4) is 5.82 Å². The van der Waals surface area contributed by atoms with Gasteiger partial charge < -0.3 is 4.90 Å². The van der Waals surface area contributed by atoms with Crippen LogP contribution in [0.25, 0.3) is 5.82 Å². The van der Waals surface area contributed by atoms with Crippen LogP contribution in [0.1, 0.15) is 5.56 Å². The number of imidazole rings is 1. The van der Waals surface area contributed by atoms with Crippen LogP contribution < -0.4 is 4.90 Å². The normalized spacial score (nSPS) is 15.8. The summed E-state index contributed by atoms with van der Waals surface area (Å²) in [7, 11) is -3.47. The highest BCUT2D eigenvalue weighted by Gasteiger charge is 2.29. The average molecular weight is 384 g/mol. The van der Waals surface area contributed by atoms with Crippen molar-refractivity contribution in [3.63, 3.8) is 0 Å². The number of benzene rings is 1. The molecule has 1 fully saturated rings. The molecule has 9 heteroatoms. The molecule has 4 rings (SSSR count). The van der Waals surface area contributed by atoms with Crippen LogP contribution in [0, 0.1) is 6.92 Å². The maximum Gasteiger partial charge on any atom is 0.243 e. The standard InChI is InChI=1S/C18H20N6O2S/c1-15-2-4-16(5-3-15)27(25,26)24-10-8-22(9-11-24)17-12-18(21-13-20-17)23-7-6-19-14-23/h2-7,12-14H,8-11H2,1H3. The van der Waals surface area contributed by atoms with E-state index in [1.807, 2.05) is 35.9 Å². The lowest BCUT2D eigenvalue weighted by atomic mass is 10.2. The van der Waals surface area contributed by atoms with E-state index in [2.05, 4.69) is 19.9 Å². The number of hydrogen-bond donors (Lipinski definition) is 0. The zero-order valence-corrected chi connectivity index (χ0v) is 15.7. The lowest BCUT2D eigenvalue weighted by Gasteiger charge is -2.34. The fourth-order valence-corrected chi connectivity index (χ4v) is 4.49. The lowest BCUT2D eigenvalue weighted by Crippen LogP contribution is -2.48. The molecule has 1 aliphatic rings. The number of aromatic nitrogens is 4. The van der Waals surface area contributed by atoms with Crippen LogP contribution in [0.4, 0.5) is 5.82 Å². The van der Waals surface area contributed by atoms with Crippen molar-refractivity contribution in [3.05, 3.63) is 60.9 Å². The summed E-state index contributed by atoms with van der Waals surface area (Å²) in [5.74, 6) is 1.51. The van der Waals surface area contributed by atoms with E-state index in [1.54, 1.807) is 24.7 Å². The lowest BCUT2D eigenvalue weighted by molar-refractivity contribution is 0.383. The molecule has 140 valence electrons. The van der Waals surface area contributed by atoms with Crippen molar-refractivity contribution in [1.29, 1.82) is 0 Å². The van der Waals surface area contributed by atoms with Crippen molar-refractivity contribution in [1.82, 2.24) is 23.8 Å². The molecule has 0 unspecified atom stereocenters. The Labute approximate surface area is 158 Å². The summed E-state index contributed by atoms with van der Waals surface area (Å²) >= 11 is 0. The minimum absolute atomic E-state index is 0.339. The number of sulfonamides is 1. The molecule has 0 amide bonds. The molecule has 0 N–H and O–H groups in total. The Balaban J connectivity index is 1.48. The van der Waals surface area contributed by atoms with E-state index in [4.69, 9.17) is 0 Å². The summed E-state index contributed by atoms with van der Waals surface area (Å²) in [6.07, 6.45) is 6.70. The molecule has 1 saturated heterocycles. The summed E-state index contributed by atoms with van der Waals surface area (Å²) in [6, 6.07) is 8.85. The molecular formula is C18H20N6O2S. The highest BCUT2D eigenvalue weighted by molar-refractivity contribution is 7.89. The predicted octanol–water partition coefficient (Wildman–Crippen LogP) is 1.48. The van der Waals surface area contributed by atoms with Crippen LogP contribution in [0.3, 0.4) is 0 Å². The van der Waals surface area contributed by atoms with E-state index in [0.717, 1.165) is 17.2 Å². The van der Waals surface area contributed by atoms with Gasteiger partial charge in [0.25, 0.3) is 0 Å². The third kappa shape index (κ3) is 3.56. The smallest absolute Gasteiger partial charge is 0.243 e. The quantitative estimate of drug-likeness (QED) is 0.677. The van der Waals surface area contributed by atoms with Crippen LogP contribution >= 0.6 is 0 Å². The first kappa shape index (κ1) is 17.6. The van der Waals surface area contributed by atoms with Crippen LogP contribution in [0.5, 0.6) is 0 Å². The van der Waals surface area contributed by atoms with Gasteiger partial charge in [-0.25, -0.2) is 23.4 Å². The Bertz CT molecular complexity index is 1010. The molecule has 0 atom stereocenters. The predicted molar refractivity (Wildman–Crippen MR) is 101 cm³/mol.